The van der Waals surface area contributed by atoms with Crippen molar-refractivity contribution in [2.24, 2.45) is 0 Å². The van der Waals surface area contributed by atoms with Gasteiger partial charge in [-0.3, -0.25) is 0 Å². The normalized spacial score (nSPS) is 11.0. The fourth-order valence-corrected chi connectivity index (χ4v) is 3.29. The number of nitrogens with zero attached hydrogens (tertiary/aromatic N) is 2. The third-order valence-electron chi connectivity index (χ3n) is 2.51. The molecule has 0 aromatic carbocycles. The number of ether oxygens (including phenoxy) is 1. The quantitative estimate of drug-likeness (QED) is 0.580. The molecular formula is C12H15ClN2OS2. The third kappa shape index (κ3) is 4.02. The number of hydrogen-bond acceptors (Lipinski definition) is 5. The van der Waals surface area contributed by atoms with Crippen LogP contribution >= 0.6 is 34.3 Å². The first-order chi connectivity index (χ1) is 8.79. The van der Waals surface area contributed by atoms with Crippen molar-refractivity contribution in [1.82, 2.24) is 9.97 Å². The van der Waals surface area contributed by atoms with Crippen LogP contribution in [0.1, 0.15) is 21.3 Å². The summed E-state index contributed by atoms with van der Waals surface area (Å²) < 4.78 is 5.62. The Bertz CT molecular complexity index is 484. The van der Waals surface area contributed by atoms with Gasteiger partial charge in [0, 0.05) is 23.1 Å². The van der Waals surface area contributed by atoms with Gasteiger partial charge in [0.15, 0.2) is 0 Å². The van der Waals surface area contributed by atoms with E-state index in [9.17, 15) is 0 Å². The van der Waals surface area contributed by atoms with Crippen LogP contribution in [-0.2, 0) is 23.5 Å². The Balaban J connectivity index is 1.63. The number of halogens is 1. The number of hydrogen-bond donors (Lipinski definition) is 0. The molecule has 6 heteroatoms. The van der Waals surface area contributed by atoms with E-state index in [0.717, 1.165) is 35.8 Å². The molecule has 0 unspecified atom stereocenters. The van der Waals surface area contributed by atoms with Crippen LogP contribution in [0.4, 0.5) is 0 Å². The fourth-order valence-electron chi connectivity index (χ4n) is 1.52. The predicted octanol–water partition coefficient (Wildman–Crippen LogP) is 3.45. The van der Waals surface area contributed by atoms with Crippen LogP contribution in [0.2, 0.25) is 0 Å². The van der Waals surface area contributed by atoms with Crippen LogP contribution in [0.15, 0.2) is 10.9 Å². The number of alkyl halides is 1. The first-order valence-electron chi connectivity index (χ1n) is 5.75. The van der Waals surface area contributed by atoms with Gasteiger partial charge in [-0.2, -0.15) is 0 Å². The molecule has 0 fully saturated rings. The molecule has 0 saturated heterocycles. The van der Waals surface area contributed by atoms with Gasteiger partial charge in [0.05, 0.1) is 41.0 Å². The summed E-state index contributed by atoms with van der Waals surface area (Å²) in [6.07, 6.45) is 1.81. The molecule has 0 atom stereocenters. The molecule has 0 aliphatic carbocycles. The van der Waals surface area contributed by atoms with Crippen molar-refractivity contribution in [1.29, 1.82) is 0 Å². The highest BCUT2D eigenvalue weighted by atomic mass is 35.5. The minimum atomic E-state index is 0.488. The van der Waals surface area contributed by atoms with E-state index in [2.05, 4.69) is 9.97 Å². The largest absolute Gasteiger partial charge is 0.381 e. The first kappa shape index (κ1) is 13.9. The van der Waals surface area contributed by atoms with E-state index in [1.165, 1.54) is 4.88 Å². The molecule has 0 aliphatic heterocycles. The van der Waals surface area contributed by atoms with E-state index >= 15 is 0 Å². The molecule has 98 valence electrons. The Morgan fingerprint density at radius 1 is 1.28 bits per heavy atom. The summed E-state index contributed by atoms with van der Waals surface area (Å²) in [4.78, 5) is 9.92. The number of aromatic nitrogens is 2. The minimum Gasteiger partial charge on any atom is -0.381 e. The van der Waals surface area contributed by atoms with Gasteiger partial charge in [0.1, 0.15) is 0 Å². The minimum absolute atomic E-state index is 0.488. The van der Waals surface area contributed by atoms with Crippen molar-refractivity contribution in [3.8, 4) is 0 Å². The lowest BCUT2D eigenvalue weighted by Gasteiger charge is -2.02. The van der Waals surface area contributed by atoms with Crippen LogP contribution in [0.25, 0.3) is 0 Å². The Labute approximate surface area is 120 Å². The summed E-state index contributed by atoms with van der Waals surface area (Å²) >= 11 is 9.05. The third-order valence-corrected chi connectivity index (χ3v) is 4.74. The van der Waals surface area contributed by atoms with Crippen LogP contribution in [-0.4, -0.2) is 23.2 Å². The molecule has 0 aliphatic rings. The molecule has 0 bridgehead atoms. The van der Waals surface area contributed by atoms with E-state index < -0.39 is 0 Å². The molecule has 2 rings (SSSR count). The van der Waals surface area contributed by atoms with Gasteiger partial charge in [0.2, 0.25) is 0 Å². The monoisotopic (exact) mass is 302 g/mol. The summed E-state index contributed by atoms with van der Waals surface area (Å²) in [5, 5.41) is 3.10. The lowest BCUT2D eigenvalue weighted by Crippen LogP contribution is -2.02. The Morgan fingerprint density at radius 2 is 2.11 bits per heavy atom. The second-order valence-corrected chi connectivity index (χ2v) is 5.99. The molecule has 18 heavy (non-hydrogen) atoms. The highest BCUT2D eigenvalue weighted by molar-refractivity contribution is 7.10. The van der Waals surface area contributed by atoms with Crippen molar-refractivity contribution in [3.63, 3.8) is 0 Å². The number of aryl methyl sites for hydroxylation is 1. The zero-order chi connectivity index (χ0) is 12.8. The van der Waals surface area contributed by atoms with Crippen molar-refractivity contribution >= 4 is 34.3 Å². The average molecular weight is 303 g/mol. The first-order valence-corrected chi connectivity index (χ1v) is 8.05. The SMILES string of the molecule is Cc1ncsc1CCOCCc1nc(CCl)cs1. The lowest BCUT2D eigenvalue weighted by molar-refractivity contribution is 0.140. The molecule has 0 amide bonds. The molecule has 2 aromatic rings. The maximum absolute atomic E-state index is 5.70. The van der Waals surface area contributed by atoms with Crippen LogP contribution < -0.4 is 0 Å². The number of rotatable bonds is 7. The van der Waals surface area contributed by atoms with E-state index in [-0.39, 0.29) is 0 Å². The van der Waals surface area contributed by atoms with Crippen molar-refractivity contribution in [3.05, 3.63) is 32.2 Å². The summed E-state index contributed by atoms with van der Waals surface area (Å²) in [7, 11) is 0. The molecular weight excluding hydrogens is 288 g/mol. The maximum atomic E-state index is 5.70. The van der Waals surface area contributed by atoms with Gasteiger partial charge in [-0.1, -0.05) is 0 Å². The van der Waals surface area contributed by atoms with E-state index in [4.69, 9.17) is 16.3 Å². The van der Waals surface area contributed by atoms with Gasteiger partial charge >= 0.3 is 0 Å². The lowest BCUT2D eigenvalue weighted by atomic mass is 10.3. The molecule has 0 saturated carbocycles. The molecule has 0 N–H and O–H groups in total. The highest BCUT2D eigenvalue weighted by Gasteiger charge is 2.03. The second-order valence-electron chi connectivity index (χ2n) is 3.84. The maximum Gasteiger partial charge on any atom is 0.0951 e. The second kappa shape index (κ2) is 7.19. The Hall–Kier alpha value is -0.490. The number of thiazole rings is 2. The van der Waals surface area contributed by atoms with Gasteiger partial charge in [-0.15, -0.1) is 34.3 Å². The van der Waals surface area contributed by atoms with Gasteiger partial charge < -0.3 is 4.74 Å². The summed E-state index contributed by atoms with van der Waals surface area (Å²) in [5.41, 5.74) is 3.96. The predicted molar refractivity (Wildman–Crippen MR) is 76.7 cm³/mol. The fraction of sp³-hybridized carbons (Fsp3) is 0.500. The van der Waals surface area contributed by atoms with E-state index in [0.29, 0.717) is 12.5 Å². The molecule has 0 radical (unpaired) electrons. The van der Waals surface area contributed by atoms with Crippen molar-refractivity contribution in [2.45, 2.75) is 25.6 Å². The van der Waals surface area contributed by atoms with Gasteiger partial charge in [-0.05, 0) is 6.92 Å². The summed E-state index contributed by atoms with van der Waals surface area (Å²) in [6.45, 7) is 3.50. The van der Waals surface area contributed by atoms with Crippen LogP contribution in [0.3, 0.4) is 0 Å². The Morgan fingerprint density at radius 3 is 2.78 bits per heavy atom. The smallest absolute Gasteiger partial charge is 0.0951 e. The van der Waals surface area contributed by atoms with Crippen molar-refractivity contribution < 1.29 is 4.74 Å². The zero-order valence-corrected chi connectivity index (χ0v) is 12.6. The average Bonchev–Trinajstić information content (AvgIpc) is 2.98. The summed E-state index contributed by atoms with van der Waals surface area (Å²) in [6, 6.07) is 0. The van der Waals surface area contributed by atoms with Crippen LogP contribution in [0.5, 0.6) is 0 Å². The zero-order valence-electron chi connectivity index (χ0n) is 10.2. The Kier molecular flexibility index (Phi) is 5.56. The van der Waals surface area contributed by atoms with Crippen LogP contribution in [0, 0.1) is 6.92 Å². The highest BCUT2D eigenvalue weighted by Crippen LogP contribution is 2.14. The molecule has 3 nitrogen and oxygen atoms in total. The molecule has 2 heterocycles. The topological polar surface area (TPSA) is 35.0 Å². The van der Waals surface area contributed by atoms with Gasteiger partial charge in [-0.25, -0.2) is 9.97 Å². The standard InChI is InChI=1S/C12H15ClN2OS2/c1-9-11(18-8-14-9)2-4-16-5-3-12-15-10(6-13)7-17-12/h7-8H,2-6H2,1H3. The summed E-state index contributed by atoms with van der Waals surface area (Å²) in [5.74, 6) is 0.488. The van der Waals surface area contributed by atoms with Gasteiger partial charge in [0.25, 0.3) is 0 Å². The molecule has 0 spiro atoms. The van der Waals surface area contributed by atoms with E-state index in [1.807, 2.05) is 17.8 Å². The van der Waals surface area contributed by atoms with Crippen molar-refractivity contribution in [2.75, 3.05) is 13.2 Å². The van der Waals surface area contributed by atoms with E-state index in [1.54, 1.807) is 22.7 Å². The molecule has 2 aromatic heterocycles.